The number of halogens is 1. The number of carbonyl (C=O) groups excluding carboxylic acids is 2. The van der Waals surface area contributed by atoms with Crippen LogP contribution in [0.2, 0.25) is 0 Å². The van der Waals surface area contributed by atoms with Crippen molar-refractivity contribution in [2.45, 2.75) is 19.4 Å². The summed E-state index contributed by atoms with van der Waals surface area (Å²) in [6, 6.07) is 15.3. The number of ketones is 1. The van der Waals surface area contributed by atoms with Crippen LogP contribution < -0.4 is 10.2 Å². The van der Waals surface area contributed by atoms with E-state index in [0.29, 0.717) is 13.0 Å². The van der Waals surface area contributed by atoms with E-state index < -0.39 is 11.9 Å². The molecule has 1 fully saturated rings. The quantitative estimate of drug-likeness (QED) is 0.747. The molecule has 0 bridgehead atoms. The SMILES string of the molecule is CC(=O)NC(CCN1CCN(c2ccccc2)CC1)C(=O)c1cccc(F)c1. The predicted octanol–water partition coefficient (Wildman–Crippen LogP) is 2.73. The molecule has 2 aromatic carbocycles. The van der Waals surface area contributed by atoms with E-state index in [4.69, 9.17) is 0 Å². The molecule has 1 aliphatic rings. The Morgan fingerprint density at radius 2 is 1.75 bits per heavy atom. The number of para-hydroxylation sites is 1. The molecule has 1 aliphatic heterocycles. The molecule has 5 nitrogen and oxygen atoms in total. The maximum atomic E-state index is 13.5. The molecule has 1 unspecified atom stereocenters. The van der Waals surface area contributed by atoms with Crippen LogP contribution in [0.4, 0.5) is 10.1 Å². The lowest BCUT2D eigenvalue weighted by atomic mass is 10.0. The number of carbonyl (C=O) groups is 2. The fourth-order valence-corrected chi connectivity index (χ4v) is 3.54. The van der Waals surface area contributed by atoms with Gasteiger partial charge >= 0.3 is 0 Å². The topological polar surface area (TPSA) is 52.7 Å². The van der Waals surface area contributed by atoms with Gasteiger partial charge in [0.05, 0.1) is 6.04 Å². The molecular weight excluding hydrogens is 357 g/mol. The highest BCUT2D eigenvalue weighted by molar-refractivity contribution is 6.01. The van der Waals surface area contributed by atoms with Crippen LogP contribution in [0.25, 0.3) is 0 Å². The van der Waals surface area contributed by atoms with Crippen LogP contribution in [0, 0.1) is 5.82 Å². The first kappa shape index (κ1) is 20.0. The Balaban J connectivity index is 1.56. The minimum absolute atomic E-state index is 0.252. The Bertz CT molecular complexity index is 804. The van der Waals surface area contributed by atoms with Crippen molar-refractivity contribution in [1.82, 2.24) is 10.2 Å². The lowest BCUT2D eigenvalue weighted by Crippen LogP contribution is -2.48. The Labute approximate surface area is 165 Å². The van der Waals surface area contributed by atoms with Gasteiger partial charge in [-0.25, -0.2) is 4.39 Å². The number of hydrogen-bond acceptors (Lipinski definition) is 4. The van der Waals surface area contributed by atoms with E-state index in [1.165, 1.54) is 30.8 Å². The molecule has 2 aromatic rings. The summed E-state index contributed by atoms with van der Waals surface area (Å²) in [6.45, 7) is 5.74. The van der Waals surface area contributed by atoms with Gasteiger partial charge in [-0.05, 0) is 30.7 Å². The van der Waals surface area contributed by atoms with Crippen molar-refractivity contribution in [3.8, 4) is 0 Å². The number of benzene rings is 2. The van der Waals surface area contributed by atoms with Crippen LogP contribution in [0.3, 0.4) is 0 Å². The monoisotopic (exact) mass is 383 g/mol. The number of rotatable bonds is 7. The van der Waals surface area contributed by atoms with E-state index in [1.807, 2.05) is 18.2 Å². The minimum atomic E-state index is -0.647. The first-order chi connectivity index (χ1) is 13.5. The van der Waals surface area contributed by atoms with Crippen molar-refractivity contribution >= 4 is 17.4 Å². The van der Waals surface area contributed by atoms with Crippen molar-refractivity contribution in [2.75, 3.05) is 37.6 Å². The maximum Gasteiger partial charge on any atom is 0.217 e. The third kappa shape index (κ3) is 5.39. The summed E-state index contributed by atoms with van der Waals surface area (Å²) >= 11 is 0. The van der Waals surface area contributed by atoms with Crippen LogP contribution >= 0.6 is 0 Å². The summed E-state index contributed by atoms with van der Waals surface area (Å²) in [7, 11) is 0. The first-order valence-corrected chi connectivity index (χ1v) is 9.62. The normalized spacial score (nSPS) is 15.9. The van der Waals surface area contributed by atoms with Gasteiger partial charge < -0.3 is 10.2 Å². The highest BCUT2D eigenvalue weighted by Gasteiger charge is 2.24. The fourth-order valence-electron chi connectivity index (χ4n) is 3.54. The lowest BCUT2D eigenvalue weighted by Gasteiger charge is -2.36. The van der Waals surface area contributed by atoms with Gasteiger partial charge in [0.2, 0.25) is 5.91 Å². The summed E-state index contributed by atoms with van der Waals surface area (Å²) in [5.41, 5.74) is 1.51. The molecule has 1 N–H and O–H groups in total. The lowest BCUT2D eigenvalue weighted by molar-refractivity contribution is -0.119. The molecule has 3 rings (SSSR count). The third-order valence-electron chi connectivity index (χ3n) is 5.03. The number of nitrogens with one attached hydrogen (secondary N) is 1. The number of amides is 1. The molecule has 0 saturated carbocycles. The van der Waals surface area contributed by atoms with E-state index in [2.05, 4.69) is 27.2 Å². The summed E-state index contributed by atoms with van der Waals surface area (Å²) in [6.07, 6.45) is 0.500. The van der Waals surface area contributed by atoms with Gasteiger partial charge in [0.1, 0.15) is 5.82 Å². The molecule has 1 atom stereocenters. The van der Waals surface area contributed by atoms with Crippen molar-refractivity contribution in [3.63, 3.8) is 0 Å². The molecule has 0 spiro atoms. The van der Waals surface area contributed by atoms with Crippen LogP contribution in [0.1, 0.15) is 23.7 Å². The van der Waals surface area contributed by atoms with E-state index in [1.54, 1.807) is 6.07 Å². The van der Waals surface area contributed by atoms with Gasteiger partial charge in [-0.2, -0.15) is 0 Å². The van der Waals surface area contributed by atoms with Crippen LogP contribution in [0.5, 0.6) is 0 Å². The van der Waals surface area contributed by atoms with E-state index in [0.717, 1.165) is 26.2 Å². The summed E-state index contributed by atoms with van der Waals surface area (Å²) < 4.78 is 13.5. The zero-order chi connectivity index (χ0) is 19.9. The summed E-state index contributed by atoms with van der Waals surface area (Å²) in [5, 5.41) is 2.72. The van der Waals surface area contributed by atoms with Crippen molar-refractivity contribution in [1.29, 1.82) is 0 Å². The van der Waals surface area contributed by atoms with Crippen molar-refractivity contribution < 1.29 is 14.0 Å². The second-order valence-corrected chi connectivity index (χ2v) is 7.08. The van der Waals surface area contributed by atoms with Gasteiger partial charge in [-0.15, -0.1) is 0 Å². The average molecular weight is 383 g/mol. The Morgan fingerprint density at radius 1 is 1.04 bits per heavy atom. The molecule has 1 heterocycles. The number of piperazine rings is 1. The zero-order valence-corrected chi connectivity index (χ0v) is 16.1. The van der Waals surface area contributed by atoms with Crippen LogP contribution in [0.15, 0.2) is 54.6 Å². The average Bonchev–Trinajstić information content (AvgIpc) is 2.71. The zero-order valence-electron chi connectivity index (χ0n) is 16.1. The minimum Gasteiger partial charge on any atom is -0.369 e. The van der Waals surface area contributed by atoms with Gasteiger partial charge in [-0.3, -0.25) is 14.5 Å². The second kappa shape index (κ2) is 9.46. The molecule has 0 radical (unpaired) electrons. The second-order valence-electron chi connectivity index (χ2n) is 7.08. The van der Waals surface area contributed by atoms with Crippen molar-refractivity contribution in [2.24, 2.45) is 0 Å². The number of hydrogen-bond donors (Lipinski definition) is 1. The first-order valence-electron chi connectivity index (χ1n) is 9.62. The number of nitrogens with zero attached hydrogens (tertiary/aromatic N) is 2. The van der Waals surface area contributed by atoms with Gasteiger partial charge in [-0.1, -0.05) is 30.3 Å². The van der Waals surface area contributed by atoms with E-state index in [9.17, 15) is 14.0 Å². The van der Waals surface area contributed by atoms with Crippen LogP contribution in [-0.4, -0.2) is 55.4 Å². The van der Waals surface area contributed by atoms with Crippen LogP contribution in [-0.2, 0) is 4.79 Å². The molecule has 28 heavy (non-hydrogen) atoms. The molecule has 6 heteroatoms. The number of Topliss-reactive ketones (excluding diaryl/α,β-unsaturated/α-hetero) is 1. The van der Waals surface area contributed by atoms with Gasteiger partial charge in [0.25, 0.3) is 0 Å². The van der Waals surface area contributed by atoms with Gasteiger partial charge in [0.15, 0.2) is 5.78 Å². The highest BCUT2D eigenvalue weighted by Crippen LogP contribution is 2.16. The van der Waals surface area contributed by atoms with E-state index >= 15 is 0 Å². The van der Waals surface area contributed by atoms with E-state index in [-0.39, 0.29) is 17.3 Å². The largest absolute Gasteiger partial charge is 0.369 e. The third-order valence-corrected chi connectivity index (χ3v) is 5.03. The fraction of sp³-hybridized carbons (Fsp3) is 0.364. The summed E-state index contributed by atoms with van der Waals surface area (Å²) in [5.74, 6) is -0.967. The Hall–Kier alpha value is -2.73. The molecule has 1 amide bonds. The Kier molecular flexibility index (Phi) is 6.76. The molecule has 148 valence electrons. The predicted molar refractivity (Wildman–Crippen MR) is 108 cm³/mol. The molecule has 1 saturated heterocycles. The van der Waals surface area contributed by atoms with Gasteiger partial charge in [0, 0.05) is 50.9 Å². The molecule has 0 aromatic heterocycles. The molecular formula is C22H26FN3O2. The number of anilines is 1. The standard InChI is InChI=1S/C22H26FN3O2/c1-17(27)24-21(22(28)18-6-5-7-19(23)16-18)10-11-25-12-14-26(15-13-25)20-8-3-2-4-9-20/h2-9,16,21H,10-15H2,1H3,(H,24,27). The highest BCUT2D eigenvalue weighted by atomic mass is 19.1. The molecule has 0 aliphatic carbocycles. The Morgan fingerprint density at radius 3 is 2.39 bits per heavy atom. The smallest absolute Gasteiger partial charge is 0.217 e. The van der Waals surface area contributed by atoms with Crippen molar-refractivity contribution in [3.05, 3.63) is 66.0 Å². The summed E-state index contributed by atoms with van der Waals surface area (Å²) in [4.78, 5) is 28.9. The maximum absolute atomic E-state index is 13.5.